The molecule has 9 nitrogen and oxygen atoms in total. The third-order valence-electron chi connectivity index (χ3n) is 0. The van der Waals surface area contributed by atoms with E-state index in [2.05, 4.69) is 0 Å². The summed E-state index contributed by atoms with van der Waals surface area (Å²) in [5, 5.41) is 0. The van der Waals surface area contributed by atoms with Crippen molar-refractivity contribution in [1.29, 1.82) is 0 Å². The molecule has 0 fully saturated rings. The van der Waals surface area contributed by atoms with Crippen LogP contribution in [0.15, 0.2) is 0 Å². The second-order valence-corrected chi connectivity index (χ2v) is 4.44. The second-order valence-electron chi connectivity index (χ2n) is 0.750. The summed E-state index contributed by atoms with van der Waals surface area (Å²) in [4.78, 5) is 0. The maximum Gasteiger partial charge on any atom is 4.00 e. The fourth-order valence-corrected chi connectivity index (χ4v) is 0. The first kappa shape index (κ1) is 30.3. The minimum absolute atomic E-state index is 0. The van der Waals surface area contributed by atoms with Crippen LogP contribution in [0.1, 0.15) is 0 Å². The van der Waals surface area contributed by atoms with Crippen molar-refractivity contribution < 1.29 is 137 Å². The number of hydrogen-bond donors (Lipinski definition) is 0. The van der Waals surface area contributed by atoms with Crippen LogP contribution < -0.4 is 19.1 Å². The summed E-state index contributed by atoms with van der Waals surface area (Å²) >= 11 is -12.9. The van der Waals surface area contributed by atoms with E-state index in [9.17, 15) is 0 Å². The molecule has 0 aliphatic carbocycles. The molecular weight excluding hydrogens is 531 g/mol. The minimum atomic E-state index is -4.29. The molecule has 0 radical (unpaired) electrons. The van der Waals surface area contributed by atoms with E-state index in [1.807, 2.05) is 0 Å². The third kappa shape index (κ3) is 306. The summed E-state index contributed by atoms with van der Waals surface area (Å²) in [6, 6.07) is 0. The molecule has 0 N–H and O–H groups in total. The van der Waals surface area contributed by atoms with E-state index in [0.29, 0.717) is 0 Å². The molecule has 0 aromatic carbocycles. The van der Waals surface area contributed by atoms with Crippen LogP contribution in [0.4, 0.5) is 0 Å². The van der Waals surface area contributed by atoms with Gasteiger partial charge in [0.25, 0.3) is 0 Å². The van der Waals surface area contributed by atoms with Gasteiger partial charge in [0, 0.05) is 0 Å². The van der Waals surface area contributed by atoms with Gasteiger partial charge >= 0.3 is 137 Å². The zero-order valence-electron chi connectivity index (χ0n) is 6.38. The predicted molar refractivity (Wildman–Crippen MR) is 2.06 cm³/mol. The van der Waals surface area contributed by atoms with Gasteiger partial charge in [0.2, 0.25) is 0 Å². The van der Waals surface area contributed by atoms with Crippen LogP contribution in [-0.4, -0.2) is 0 Å². The van der Waals surface area contributed by atoms with E-state index in [-0.39, 0.29) is 41.2 Å². The Labute approximate surface area is 134 Å². The molecule has 14 heavy (non-hydrogen) atoms. The van der Waals surface area contributed by atoms with Crippen LogP contribution in [0.25, 0.3) is 0 Å². The normalized spacial score (nSPS) is 5.57. The van der Waals surface area contributed by atoms with Gasteiger partial charge in [-0.05, 0) is 0 Å². The van der Waals surface area contributed by atoms with E-state index in [1.165, 1.54) is 0 Å². The van der Waals surface area contributed by atoms with Gasteiger partial charge in [-0.25, -0.2) is 0 Å². The maximum atomic E-state index is 8.61. The maximum absolute atomic E-state index is 8.61. The molecule has 0 aliphatic heterocycles. The molecule has 0 aliphatic rings. The Morgan fingerprint density at radius 3 is 0.571 bits per heavy atom. The number of hydrogen-bond acceptors (Lipinski definition) is 9. The van der Waals surface area contributed by atoms with Crippen molar-refractivity contribution >= 4 is 0 Å². The van der Waals surface area contributed by atoms with E-state index < -0.39 is 67.9 Å². The molecule has 0 spiro atoms. The van der Waals surface area contributed by atoms with Gasteiger partial charge in [-0.3, -0.25) is 0 Å². The van der Waals surface area contributed by atoms with Crippen LogP contribution in [0.2, 0.25) is 0 Å². The topological polar surface area (TPSA) is 190 Å². The van der Waals surface area contributed by atoms with Gasteiger partial charge in [0.05, 0.1) is 0 Å². The first-order valence-corrected chi connectivity index (χ1v) is 10.9. The minimum Gasteiger partial charge on any atom is 2.00 e. The summed E-state index contributed by atoms with van der Waals surface area (Å²) in [7, 11) is 0. The largest absolute Gasteiger partial charge is 4.00 e. The van der Waals surface area contributed by atoms with Crippen molar-refractivity contribution in [2.75, 3.05) is 0 Å². The average molecular weight is 531 g/mol. The van der Waals surface area contributed by atoms with E-state index in [1.54, 1.807) is 0 Å². The smallest absolute Gasteiger partial charge is 2.00 e. The van der Waals surface area contributed by atoms with Crippen LogP contribution in [0.3, 0.4) is 0 Å². The Balaban J connectivity index is -0.0000000270. The summed E-state index contributed by atoms with van der Waals surface area (Å²) in [6.45, 7) is 0. The van der Waals surface area contributed by atoms with Gasteiger partial charge in [-0.1, -0.05) is 0 Å². The Bertz CT molecular complexity index is 118. The van der Waals surface area contributed by atoms with Crippen LogP contribution in [0.5, 0.6) is 0 Å². The molecule has 0 unspecified atom stereocenters. The molecule has 0 rings (SSSR count). The molecule has 0 heterocycles. The van der Waals surface area contributed by atoms with Crippen molar-refractivity contribution in [1.82, 2.24) is 0 Å². The molecule has 0 aromatic rings. The van der Waals surface area contributed by atoms with Crippen molar-refractivity contribution in [3.05, 3.63) is 0 Å². The molecule has 0 saturated heterocycles. The summed E-state index contributed by atoms with van der Waals surface area (Å²) < 4.78 is 77.5. The third-order valence-corrected chi connectivity index (χ3v) is 0. The van der Waals surface area contributed by atoms with Gasteiger partial charge < -0.3 is 0 Å². The zero-order valence-corrected chi connectivity index (χ0v) is 18.3. The molecule has 14 heteroatoms. The predicted octanol–water partition coefficient (Wildman–Crippen LogP) is -7.50. The average Bonchev–Trinajstić information content (AvgIpc) is 1.54. The molecule has 0 saturated carbocycles. The molecule has 0 bridgehead atoms. The standard InChI is InChI=1S/9O.Ti.Zn.3Zr/q;;;6*-1;+4;+2;;;. The summed E-state index contributed by atoms with van der Waals surface area (Å²) in [5.74, 6) is 0. The second kappa shape index (κ2) is 25.1. The molecular formula is O9TiZnZr3. The van der Waals surface area contributed by atoms with Crippen molar-refractivity contribution in [3.63, 3.8) is 0 Å². The van der Waals surface area contributed by atoms with E-state index >= 15 is 0 Å². The van der Waals surface area contributed by atoms with E-state index in [4.69, 9.17) is 27.5 Å². The van der Waals surface area contributed by atoms with Crippen LogP contribution >= 0.6 is 0 Å². The van der Waals surface area contributed by atoms with Crippen molar-refractivity contribution in [2.45, 2.75) is 0 Å². The first-order chi connectivity index (χ1) is 5.20. The SMILES string of the molecule is [O]=[Zr]([O-])[O-].[O]=[Zr]([O-])[O-].[O]=[Zr]([O-])[O-].[Ti+4].[Zn+2]. The Kier molecular flexibility index (Phi) is 54.3. The molecule has 72 valence electrons. The zero-order chi connectivity index (χ0) is 10.7. The fraction of sp³-hybridized carbons (Fsp3) is 0. The van der Waals surface area contributed by atoms with Crippen LogP contribution in [-0.2, 0) is 118 Å². The van der Waals surface area contributed by atoms with Crippen molar-refractivity contribution in [3.8, 4) is 0 Å². The monoisotopic (exact) mass is 526 g/mol. The van der Waals surface area contributed by atoms with Crippen molar-refractivity contribution in [2.24, 2.45) is 0 Å². The van der Waals surface area contributed by atoms with Gasteiger partial charge in [0.15, 0.2) is 0 Å². The molecule has 0 aromatic heterocycles. The Morgan fingerprint density at radius 2 is 0.571 bits per heavy atom. The van der Waals surface area contributed by atoms with Gasteiger partial charge in [-0.15, -0.1) is 0 Å². The molecule has 0 atom stereocenters. The number of rotatable bonds is 0. The Hall–Kier alpha value is 3.15. The summed E-state index contributed by atoms with van der Waals surface area (Å²) in [5.41, 5.74) is 0. The van der Waals surface area contributed by atoms with E-state index in [0.717, 1.165) is 0 Å². The van der Waals surface area contributed by atoms with Gasteiger partial charge in [-0.2, -0.15) is 0 Å². The fourth-order valence-electron chi connectivity index (χ4n) is 0. The molecule has 0 amide bonds. The summed E-state index contributed by atoms with van der Waals surface area (Å²) in [6.07, 6.45) is 0. The Morgan fingerprint density at radius 1 is 0.571 bits per heavy atom. The first-order valence-electron chi connectivity index (χ1n) is 1.84. The quantitative estimate of drug-likeness (QED) is 0.274. The van der Waals surface area contributed by atoms with Gasteiger partial charge in [0.1, 0.15) is 0 Å². The van der Waals surface area contributed by atoms with Crippen LogP contribution in [0, 0.1) is 0 Å².